The van der Waals surface area contributed by atoms with Crippen LogP contribution in [0.3, 0.4) is 0 Å². The monoisotopic (exact) mass is 299 g/mol. The average Bonchev–Trinajstić information content (AvgIpc) is 2.89. The Morgan fingerprint density at radius 1 is 1.53 bits per heavy atom. The molecule has 1 unspecified atom stereocenters. The predicted octanol–water partition coefficient (Wildman–Crippen LogP) is 2.87. The second-order valence-corrected chi connectivity index (χ2v) is 5.98. The minimum absolute atomic E-state index is 0.0718. The first-order valence-electron chi connectivity index (χ1n) is 6.44. The highest BCUT2D eigenvalue weighted by atomic mass is 35.5. The zero-order valence-corrected chi connectivity index (χ0v) is 12.3. The molecule has 1 aromatic rings. The molecule has 0 bridgehead atoms. The van der Waals surface area contributed by atoms with Gasteiger partial charge in [-0.25, -0.2) is 0 Å². The molecule has 0 aliphatic carbocycles. The van der Waals surface area contributed by atoms with Crippen LogP contribution in [0.2, 0.25) is 5.02 Å². The number of carbonyl (C=O) groups excluding carboxylic acids is 1. The number of hydrogen-bond donors (Lipinski definition) is 1. The number of ether oxygens (including phenoxy) is 1. The fourth-order valence-corrected chi connectivity index (χ4v) is 2.99. The highest BCUT2D eigenvalue weighted by Gasteiger charge is 2.15. The van der Waals surface area contributed by atoms with Crippen molar-refractivity contribution in [2.75, 3.05) is 18.9 Å². The number of carbonyl (C=O) groups is 1. The Morgan fingerprint density at radius 2 is 2.42 bits per heavy atom. The topological polar surface area (TPSA) is 38.3 Å². The fourth-order valence-electron chi connectivity index (χ4n) is 1.97. The Morgan fingerprint density at radius 3 is 3.16 bits per heavy atom. The van der Waals surface area contributed by atoms with E-state index >= 15 is 0 Å². The Labute approximate surface area is 123 Å². The molecular weight excluding hydrogens is 282 g/mol. The number of halogens is 1. The molecular formula is C14H18ClNO2S. The standard InChI is InChI=1S/C14H18ClNO2S/c15-12-4-1-3-11(7-12)9-19-10-14(17)16-8-13-5-2-6-18-13/h1,3-4,7,13H,2,5-6,8-10H2,(H,16,17). The van der Waals surface area contributed by atoms with Gasteiger partial charge in [0.25, 0.3) is 0 Å². The largest absolute Gasteiger partial charge is 0.376 e. The molecule has 1 aliphatic heterocycles. The van der Waals surface area contributed by atoms with E-state index in [1.165, 1.54) is 0 Å². The zero-order chi connectivity index (χ0) is 13.5. The lowest BCUT2D eigenvalue weighted by atomic mass is 10.2. The summed E-state index contributed by atoms with van der Waals surface area (Å²) >= 11 is 7.50. The van der Waals surface area contributed by atoms with Crippen LogP contribution in [-0.2, 0) is 15.3 Å². The lowest BCUT2D eigenvalue weighted by Crippen LogP contribution is -2.32. The van der Waals surface area contributed by atoms with Crippen molar-refractivity contribution in [3.63, 3.8) is 0 Å². The lowest BCUT2D eigenvalue weighted by molar-refractivity contribution is -0.119. The van der Waals surface area contributed by atoms with Crippen LogP contribution in [0.1, 0.15) is 18.4 Å². The number of nitrogens with one attached hydrogen (secondary N) is 1. The molecule has 5 heteroatoms. The van der Waals surface area contributed by atoms with Gasteiger partial charge >= 0.3 is 0 Å². The second-order valence-electron chi connectivity index (χ2n) is 4.56. The summed E-state index contributed by atoms with van der Waals surface area (Å²) in [5.74, 6) is 1.34. The quantitative estimate of drug-likeness (QED) is 0.878. The first-order valence-corrected chi connectivity index (χ1v) is 7.98. The summed E-state index contributed by atoms with van der Waals surface area (Å²) in [7, 11) is 0. The van der Waals surface area contributed by atoms with Crippen LogP contribution in [0.25, 0.3) is 0 Å². The summed E-state index contributed by atoms with van der Waals surface area (Å²) in [6.45, 7) is 1.46. The summed E-state index contributed by atoms with van der Waals surface area (Å²) in [5.41, 5.74) is 1.14. The Bertz CT molecular complexity index is 422. The van der Waals surface area contributed by atoms with Crippen LogP contribution in [0.4, 0.5) is 0 Å². The molecule has 1 aliphatic rings. The molecule has 104 valence electrons. The molecule has 1 aromatic carbocycles. The van der Waals surface area contributed by atoms with Gasteiger partial charge in [0.1, 0.15) is 0 Å². The number of rotatable bonds is 6. The molecule has 2 rings (SSSR count). The van der Waals surface area contributed by atoms with Crippen LogP contribution in [0.15, 0.2) is 24.3 Å². The van der Waals surface area contributed by atoms with E-state index in [0.29, 0.717) is 12.3 Å². The highest BCUT2D eigenvalue weighted by molar-refractivity contribution is 7.99. The van der Waals surface area contributed by atoms with Gasteiger partial charge in [0, 0.05) is 23.9 Å². The zero-order valence-electron chi connectivity index (χ0n) is 10.7. The van der Waals surface area contributed by atoms with Gasteiger partial charge < -0.3 is 10.1 Å². The maximum Gasteiger partial charge on any atom is 0.230 e. The molecule has 1 saturated heterocycles. The van der Waals surface area contributed by atoms with Crippen molar-refractivity contribution < 1.29 is 9.53 Å². The average molecular weight is 300 g/mol. The van der Waals surface area contributed by atoms with Crippen molar-refractivity contribution in [3.05, 3.63) is 34.9 Å². The van der Waals surface area contributed by atoms with Crippen LogP contribution < -0.4 is 5.32 Å². The first-order chi connectivity index (χ1) is 9.24. The Hall–Kier alpha value is -0.710. The summed E-state index contributed by atoms with van der Waals surface area (Å²) < 4.78 is 5.45. The molecule has 19 heavy (non-hydrogen) atoms. The normalized spacial score (nSPS) is 18.5. The smallest absolute Gasteiger partial charge is 0.230 e. The van der Waals surface area contributed by atoms with Gasteiger partial charge in [0.05, 0.1) is 11.9 Å². The van der Waals surface area contributed by atoms with Crippen molar-refractivity contribution in [1.82, 2.24) is 5.32 Å². The third-order valence-electron chi connectivity index (χ3n) is 2.94. The summed E-state index contributed by atoms with van der Waals surface area (Å²) in [5, 5.41) is 3.65. The van der Waals surface area contributed by atoms with E-state index in [-0.39, 0.29) is 12.0 Å². The summed E-state index contributed by atoms with van der Waals surface area (Å²) in [4.78, 5) is 11.6. The molecule has 0 radical (unpaired) electrons. The Balaban J connectivity index is 1.60. The van der Waals surface area contributed by atoms with Crippen molar-refractivity contribution in [2.24, 2.45) is 0 Å². The van der Waals surface area contributed by atoms with E-state index in [4.69, 9.17) is 16.3 Å². The van der Waals surface area contributed by atoms with Gasteiger partial charge in [0.15, 0.2) is 0 Å². The van der Waals surface area contributed by atoms with E-state index in [1.807, 2.05) is 24.3 Å². The molecule has 1 fully saturated rings. The maximum absolute atomic E-state index is 11.6. The molecule has 1 amide bonds. The van der Waals surface area contributed by atoms with Crippen LogP contribution >= 0.6 is 23.4 Å². The number of benzene rings is 1. The molecule has 0 saturated carbocycles. The minimum atomic E-state index is 0.0718. The van der Waals surface area contributed by atoms with Gasteiger partial charge in [-0.3, -0.25) is 4.79 Å². The number of amides is 1. The van der Waals surface area contributed by atoms with Crippen LogP contribution in [0.5, 0.6) is 0 Å². The molecule has 1 atom stereocenters. The highest BCUT2D eigenvalue weighted by Crippen LogP contribution is 2.16. The molecule has 0 aromatic heterocycles. The van der Waals surface area contributed by atoms with Gasteiger partial charge in [-0.05, 0) is 30.5 Å². The molecule has 1 N–H and O–H groups in total. The third-order valence-corrected chi connectivity index (χ3v) is 4.18. The van der Waals surface area contributed by atoms with Gasteiger partial charge in [-0.15, -0.1) is 11.8 Å². The van der Waals surface area contributed by atoms with E-state index in [9.17, 15) is 4.79 Å². The number of hydrogen-bond acceptors (Lipinski definition) is 3. The summed E-state index contributed by atoms with van der Waals surface area (Å²) in [6, 6.07) is 7.72. The van der Waals surface area contributed by atoms with E-state index in [1.54, 1.807) is 11.8 Å². The van der Waals surface area contributed by atoms with Crippen molar-refractivity contribution in [3.8, 4) is 0 Å². The lowest BCUT2D eigenvalue weighted by Gasteiger charge is -2.10. The predicted molar refractivity (Wildman–Crippen MR) is 79.6 cm³/mol. The van der Waals surface area contributed by atoms with Gasteiger partial charge in [-0.1, -0.05) is 23.7 Å². The van der Waals surface area contributed by atoms with Gasteiger partial charge in [-0.2, -0.15) is 0 Å². The molecule has 1 heterocycles. The SMILES string of the molecule is O=C(CSCc1cccc(Cl)c1)NCC1CCCO1. The second kappa shape index (κ2) is 7.78. The fraction of sp³-hybridized carbons (Fsp3) is 0.500. The van der Waals surface area contributed by atoms with Crippen molar-refractivity contribution in [2.45, 2.75) is 24.7 Å². The maximum atomic E-state index is 11.6. The van der Waals surface area contributed by atoms with E-state index < -0.39 is 0 Å². The van der Waals surface area contributed by atoms with Crippen molar-refractivity contribution in [1.29, 1.82) is 0 Å². The number of thioether (sulfide) groups is 1. The van der Waals surface area contributed by atoms with E-state index in [2.05, 4.69) is 5.32 Å². The molecule has 3 nitrogen and oxygen atoms in total. The summed E-state index contributed by atoms with van der Waals surface area (Å²) in [6.07, 6.45) is 2.36. The van der Waals surface area contributed by atoms with Gasteiger partial charge in [0.2, 0.25) is 5.91 Å². The first kappa shape index (κ1) is 14.7. The van der Waals surface area contributed by atoms with Crippen molar-refractivity contribution >= 4 is 29.3 Å². The van der Waals surface area contributed by atoms with Crippen LogP contribution in [-0.4, -0.2) is 30.9 Å². The Kier molecular flexibility index (Phi) is 6.01. The molecule has 0 spiro atoms. The third kappa shape index (κ3) is 5.43. The van der Waals surface area contributed by atoms with Crippen LogP contribution in [0, 0.1) is 0 Å². The minimum Gasteiger partial charge on any atom is -0.376 e. The van der Waals surface area contributed by atoms with E-state index in [0.717, 1.165) is 35.8 Å².